The molecular weight excluding hydrogens is 176 g/mol. The number of aliphatic hydroxyl groups excluding tert-OH is 1. The molecule has 2 heteroatoms. The van der Waals surface area contributed by atoms with Gasteiger partial charge in [-0.25, -0.2) is 0 Å². The zero-order valence-corrected chi connectivity index (χ0v) is 9.11. The van der Waals surface area contributed by atoms with E-state index < -0.39 is 0 Å². The van der Waals surface area contributed by atoms with Crippen LogP contribution in [0.2, 0.25) is 0 Å². The summed E-state index contributed by atoms with van der Waals surface area (Å²) in [5.41, 5.74) is 0. The van der Waals surface area contributed by atoms with Gasteiger partial charge in [0, 0.05) is 6.61 Å². The van der Waals surface area contributed by atoms with Gasteiger partial charge in [-0.15, -0.1) is 0 Å². The first kappa shape index (κ1) is 10.4. The summed E-state index contributed by atoms with van der Waals surface area (Å²) in [6, 6.07) is 0. The molecule has 2 aliphatic rings. The number of rotatable bonds is 1. The number of aliphatic hydroxyl groups is 1. The monoisotopic (exact) mass is 198 g/mol. The fourth-order valence-electron chi connectivity index (χ4n) is 2.75. The minimum absolute atomic E-state index is 0.0336. The van der Waals surface area contributed by atoms with Crippen LogP contribution in [0.1, 0.15) is 45.4 Å². The Bertz CT molecular complexity index is 145. The van der Waals surface area contributed by atoms with Crippen LogP contribution in [0, 0.1) is 11.8 Å². The van der Waals surface area contributed by atoms with Gasteiger partial charge in [-0.1, -0.05) is 6.92 Å². The maximum atomic E-state index is 9.43. The molecule has 0 spiro atoms. The zero-order chi connectivity index (χ0) is 9.97. The highest BCUT2D eigenvalue weighted by molar-refractivity contribution is 4.80. The Kier molecular flexibility index (Phi) is 3.45. The van der Waals surface area contributed by atoms with E-state index in [1.165, 1.54) is 25.7 Å². The summed E-state index contributed by atoms with van der Waals surface area (Å²) in [7, 11) is 0. The Hall–Kier alpha value is -0.0800. The van der Waals surface area contributed by atoms with E-state index in [9.17, 15) is 5.11 Å². The van der Waals surface area contributed by atoms with Crippen LogP contribution in [0.3, 0.4) is 0 Å². The lowest BCUT2D eigenvalue weighted by Gasteiger charge is -2.36. The Labute approximate surface area is 86.6 Å². The van der Waals surface area contributed by atoms with Gasteiger partial charge < -0.3 is 9.84 Å². The highest BCUT2D eigenvalue weighted by Gasteiger charge is 2.29. The van der Waals surface area contributed by atoms with Crippen molar-refractivity contribution in [2.75, 3.05) is 6.61 Å². The largest absolute Gasteiger partial charge is 0.393 e. The first-order valence-corrected chi connectivity index (χ1v) is 6.05. The summed E-state index contributed by atoms with van der Waals surface area (Å²) in [5.74, 6) is 1.48. The predicted molar refractivity (Wildman–Crippen MR) is 56.1 cm³/mol. The highest BCUT2D eigenvalue weighted by Crippen LogP contribution is 2.33. The molecule has 1 saturated carbocycles. The van der Waals surface area contributed by atoms with E-state index in [-0.39, 0.29) is 6.10 Å². The molecule has 0 radical (unpaired) electrons. The van der Waals surface area contributed by atoms with Crippen molar-refractivity contribution in [1.29, 1.82) is 0 Å². The van der Waals surface area contributed by atoms with E-state index >= 15 is 0 Å². The maximum Gasteiger partial charge on any atom is 0.0603 e. The van der Waals surface area contributed by atoms with Crippen molar-refractivity contribution in [2.45, 2.75) is 57.7 Å². The second-order valence-electron chi connectivity index (χ2n) is 5.12. The minimum atomic E-state index is -0.0336. The molecule has 1 aliphatic carbocycles. The van der Waals surface area contributed by atoms with E-state index in [1.807, 2.05) is 0 Å². The van der Waals surface area contributed by atoms with Gasteiger partial charge in [0.15, 0.2) is 0 Å². The van der Waals surface area contributed by atoms with E-state index in [4.69, 9.17) is 4.74 Å². The van der Waals surface area contributed by atoms with Gasteiger partial charge in [-0.3, -0.25) is 0 Å². The van der Waals surface area contributed by atoms with Gasteiger partial charge in [0.2, 0.25) is 0 Å². The molecule has 2 nitrogen and oxygen atoms in total. The smallest absolute Gasteiger partial charge is 0.0603 e. The third-order valence-corrected chi connectivity index (χ3v) is 3.81. The Morgan fingerprint density at radius 1 is 1.00 bits per heavy atom. The number of hydrogen-bond donors (Lipinski definition) is 1. The van der Waals surface area contributed by atoms with Gasteiger partial charge in [-0.05, 0) is 50.4 Å². The maximum absolute atomic E-state index is 9.43. The summed E-state index contributed by atoms with van der Waals surface area (Å²) in [4.78, 5) is 0. The fourth-order valence-corrected chi connectivity index (χ4v) is 2.75. The summed E-state index contributed by atoms with van der Waals surface area (Å²) >= 11 is 0. The van der Waals surface area contributed by atoms with Gasteiger partial charge in [-0.2, -0.15) is 0 Å². The molecule has 2 atom stereocenters. The van der Waals surface area contributed by atoms with Gasteiger partial charge in [0.25, 0.3) is 0 Å². The summed E-state index contributed by atoms with van der Waals surface area (Å²) in [5, 5.41) is 9.43. The molecule has 2 unspecified atom stereocenters. The number of ether oxygens (including phenoxy) is 1. The molecular formula is C12H22O2. The van der Waals surface area contributed by atoms with Gasteiger partial charge in [0.05, 0.1) is 12.2 Å². The normalized spacial score (nSPS) is 45.0. The van der Waals surface area contributed by atoms with Gasteiger partial charge >= 0.3 is 0 Å². The van der Waals surface area contributed by atoms with Gasteiger partial charge in [0.1, 0.15) is 0 Å². The summed E-state index contributed by atoms with van der Waals surface area (Å²) in [6.07, 6.45) is 7.33. The van der Waals surface area contributed by atoms with Crippen molar-refractivity contribution < 1.29 is 9.84 Å². The van der Waals surface area contributed by atoms with Crippen LogP contribution in [-0.4, -0.2) is 23.9 Å². The molecule has 82 valence electrons. The second kappa shape index (κ2) is 4.63. The average Bonchev–Trinajstić information content (AvgIpc) is 2.21. The van der Waals surface area contributed by atoms with Crippen molar-refractivity contribution in [3.8, 4) is 0 Å². The lowest BCUT2D eigenvalue weighted by atomic mass is 9.81. The predicted octanol–water partition coefficient (Wildman–Crippen LogP) is 2.35. The first-order chi connectivity index (χ1) is 6.75. The lowest BCUT2D eigenvalue weighted by Crippen LogP contribution is -2.34. The SMILES string of the molecule is CC1CCC(C2CCC(O)CC2)OC1. The van der Waals surface area contributed by atoms with Crippen LogP contribution in [0.4, 0.5) is 0 Å². The van der Waals surface area contributed by atoms with Crippen LogP contribution >= 0.6 is 0 Å². The van der Waals surface area contributed by atoms with Crippen molar-refractivity contribution in [2.24, 2.45) is 11.8 Å². The Morgan fingerprint density at radius 3 is 2.29 bits per heavy atom. The summed E-state index contributed by atoms with van der Waals surface area (Å²) < 4.78 is 5.88. The standard InChI is InChI=1S/C12H22O2/c1-9-2-7-12(14-8-9)10-3-5-11(13)6-4-10/h9-13H,2-8H2,1H3. The third kappa shape index (κ3) is 2.48. The molecule has 0 aromatic rings. The fraction of sp³-hybridized carbons (Fsp3) is 1.00. The quantitative estimate of drug-likeness (QED) is 0.701. The summed E-state index contributed by atoms with van der Waals surface area (Å²) in [6.45, 7) is 3.21. The molecule has 14 heavy (non-hydrogen) atoms. The molecule has 1 N–H and O–H groups in total. The Balaban J connectivity index is 1.78. The molecule has 0 aromatic carbocycles. The second-order valence-corrected chi connectivity index (χ2v) is 5.12. The molecule has 0 aromatic heterocycles. The van der Waals surface area contributed by atoms with Crippen molar-refractivity contribution in [3.63, 3.8) is 0 Å². The Morgan fingerprint density at radius 2 is 1.71 bits per heavy atom. The van der Waals surface area contributed by atoms with Crippen molar-refractivity contribution in [3.05, 3.63) is 0 Å². The highest BCUT2D eigenvalue weighted by atomic mass is 16.5. The van der Waals surface area contributed by atoms with Crippen LogP contribution < -0.4 is 0 Å². The molecule has 0 amide bonds. The molecule has 1 saturated heterocycles. The number of hydrogen-bond acceptors (Lipinski definition) is 2. The van der Waals surface area contributed by atoms with E-state index in [2.05, 4.69) is 6.92 Å². The van der Waals surface area contributed by atoms with E-state index in [0.29, 0.717) is 6.10 Å². The molecule has 1 aliphatic heterocycles. The molecule has 1 heterocycles. The molecule has 0 bridgehead atoms. The third-order valence-electron chi connectivity index (χ3n) is 3.81. The van der Waals surface area contributed by atoms with Crippen molar-refractivity contribution >= 4 is 0 Å². The minimum Gasteiger partial charge on any atom is -0.393 e. The molecule has 2 rings (SSSR count). The van der Waals surface area contributed by atoms with Crippen molar-refractivity contribution in [1.82, 2.24) is 0 Å². The van der Waals surface area contributed by atoms with Crippen LogP contribution in [0.15, 0.2) is 0 Å². The van der Waals surface area contributed by atoms with Crippen LogP contribution in [0.25, 0.3) is 0 Å². The van der Waals surface area contributed by atoms with E-state index in [1.54, 1.807) is 0 Å². The van der Waals surface area contributed by atoms with Crippen LogP contribution in [0.5, 0.6) is 0 Å². The zero-order valence-electron chi connectivity index (χ0n) is 9.11. The van der Waals surface area contributed by atoms with Crippen LogP contribution in [-0.2, 0) is 4.74 Å². The first-order valence-electron chi connectivity index (χ1n) is 6.05. The average molecular weight is 198 g/mol. The molecule has 2 fully saturated rings. The lowest BCUT2D eigenvalue weighted by molar-refractivity contribution is -0.0594. The van der Waals surface area contributed by atoms with E-state index in [0.717, 1.165) is 31.3 Å². The topological polar surface area (TPSA) is 29.5 Å².